The molecule has 0 unspecified atom stereocenters. The summed E-state index contributed by atoms with van der Waals surface area (Å²) in [5.41, 5.74) is 3.64. The fraction of sp³-hybridized carbons (Fsp3) is 0.500. The van der Waals surface area contributed by atoms with Crippen LogP contribution in [0.2, 0.25) is 0 Å². The van der Waals surface area contributed by atoms with E-state index in [-0.39, 0.29) is 30.6 Å². The Balaban J connectivity index is 1.81. The summed E-state index contributed by atoms with van der Waals surface area (Å²) in [4.78, 5) is 30.1. The Labute approximate surface area is 191 Å². The van der Waals surface area contributed by atoms with E-state index in [1.807, 2.05) is 6.08 Å². The summed E-state index contributed by atoms with van der Waals surface area (Å²) in [6.45, 7) is 7.11. The normalized spacial score (nSPS) is 15.4. The maximum Gasteiger partial charge on any atom is 0.451 e. The third kappa shape index (κ3) is 9.19. The Hall–Kier alpha value is -2.97. The molecule has 0 bridgehead atoms. The van der Waals surface area contributed by atoms with Crippen molar-refractivity contribution in [3.8, 4) is 0 Å². The molecular formula is C24H30F3N3O3. The third-order valence-electron chi connectivity index (χ3n) is 5.51. The van der Waals surface area contributed by atoms with E-state index >= 15 is 0 Å². The highest BCUT2D eigenvalue weighted by atomic mass is 19.4. The van der Waals surface area contributed by atoms with Crippen LogP contribution in [0.25, 0.3) is 0 Å². The smallest absolute Gasteiger partial charge is 0.451 e. The highest BCUT2D eigenvalue weighted by molar-refractivity contribution is 5.80. The number of aliphatic carboxylic acids is 1. The molecule has 180 valence electrons. The molecule has 0 spiro atoms. The van der Waals surface area contributed by atoms with Crippen LogP contribution in [-0.2, 0) is 15.8 Å². The largest absolute Gasteiger partial charge is 0.481 e. The van der Waals surface area contributed by atoms with Crippen molar-refractivity contribution in [1.29, 1.82) is 0 Å². The van der Waals surface area contributed by atoms with Gasteiger partial charge in [-0.15, -0.1) is 0 Å². The van der Waals surface area contributed by atoms with Gasteiger partial charge in [0.15, 0.2) is 0 Å². The maximum atomic E-state index is 12.6. The molecule has 0 aromatic carbocycles. The summed E-state index contributed by atoms with van der Waals surface area (Å²) in [5.74, 6) is -3.35. The first-order valence-corrected chi connectivity index (χ1v) is 11.0. The van der Waals surface area contributed by atoms with Crippen molar-refractivity contribution >= 4 is 11.8 Å². The Morgan fingerprint density at radius 2 is 1.88 bits per heavy atom. The van der Waals surface area contributed by atoms with Crippen molar-refractivity contribution in [2.75, 3.05) is 6.54 Å². The lowest BCUT2D eigenvalue weighted by Gasteiger charge is -2.17. The van der Waals surface area contributed by atoms with Crippen molar-refractivity contribution < 1.29 is 27.9 Å². The average Bonchev–Trinajstić information content (AvgIpc) is 2.75. The Kier molecular flexibility index (Phi) is 9.81. The Morgan fingerprint density at radius 1 is 1.21 bits per heavy atom. The van der Waals surface area contributed by atoms with E-state index in [0.717, 1.165) is 50.2 Å². The van der Waals surface area contributed by atoms with E-state index in [1.165, 1.54) is 11.3 Å². The number of carboxylic acid groups (broad SMARTS) is 1. The molecule has 0 saturated carbocycles. The van der Waals surface area contributed by atoms with Gasteiger partial charge in [0, 0.05) is 43.4 Å². The fourth-order valence-electron chi connectivity index (χ4n) is 3.63. The van der Waals surface area contributed by atoms with Crippen molar-refractivity contribution in [3.05, 3.63) is 59.4 Å². The summed E-state index contributed by atoms with van der Waals surface area (Å²) in [7, 11) is 0. The predicted molar refractivity (Wildman–Crippen MR) is 118 cm³/mol. The van der Waals surface area contributed by atoms with E-state index in [4.69, 9.17) is 5.11 Å². The zero-order chi connectivity index (χ0) is 24.4. The minimum atomic E-state index is -4.68. The molecule has 6 nitrogen and oxygen atoms in total. The van der Waals surface area contributed by atoms with Gasteiger partial charge in [0.25, 0.3) is 0 Å². The van der Waals surface area contributed by atoms with Crippen LogP contribution in [0.3, 0.4) is 0 Å². The number of carboxylic acids is 1. The third-order valence-corrected chi connectivity index (χ3v) is 5.51. The van der Waals surface area contributed by atoms with E-state index in [2.05, 4.69) is 34.9 Å². The second-order valence-corrected chi connectivity index (χ2v) is 8.25. The van der Waals surface area contributed by atoms with Crippen LogP contribution in [0.1, 0.15) is 75.6 Å². The van der Waals surface area contributed by atoms with Gasteiger partial charge in [-0.2, -0.15) is 13.2 Å². The van der Waals surface area contributed by atoms with Gasteiger partial charge < -0.3 is 10.4 Å². The lowest BCUT2D eigenvalue weighted by atomic mass is 9.91. The number of hydrogen-bond acceptors (Lipinski definition) is 5. The van der Waals surface area contributed by atoms with Crippen molar-refractivity contribution in [3.63, 3.8) is 0 Å². The average molecular weight is 466 g/mol. The molecule has 2 heterocycles. The molecule has 1 atom stereocenters. The number of carbonyl (C=O) groups excluding carboxylic acids is 1. The zero-order valence-electron chi connectivity index (χ0n) is 18.7. The van der Waals surface area contributed by atoms with Crippen molar-refractivity contribution in [2.45, 2.75) is 70.4 Å². The van der Waals surface area contributed by atoms with Crippen molar-refractivity contribution in [2.24, 2.45) is 0 Å². The number of halogens is 3. The summed E-state index contributed by atoms with van der Waals surface area (Å²) in [6, 6.07) is 0. The van der Waals surface area contributed by atoms with Crippen LogP contribution < -0.4 is 5.32 Å². The number of alkyl halides is 3. The van der Waals surface area contributed by atoms with Gasteiger partial charge in [0.1, 0.15) is 5.78 Å². The minimum Gasteiger partial charge on any atom is -0.481 e. The van der Waals surface area contributed by atoms with Gasteiger partial charge in [-0.3, -0.25) is 9.59 Å². The molecule has 33 heavy (non-hydrogen) atoms. The predicted octanol–water partition coefficient (Wildman–Crippen LogP) is 5.34. The number of aromatic nitrogens is 2. The molecule has 2 rings (SSSR count). The fourth-order valence-corrected chi connectivity index (χ4v) is 3.63. The van der Waals surface area contributed by atoms with Gasteiger partial charge in [-0.25, -0.2) is 9.97 Å². The van der Waals surface area contributed by atoms with E-state index in [9.17, 15) is 22.8 Å². The molecule has 1 aromatic heterocycles. The molecule has 0 fully saturated rings. The lowest BCUT2D eigenvalue weighted by Crippen LogP contribution is -2.19. The number of Topliss-reactive ketones (excluding diaryl/α,β-unsaturated/α-hetero) is 1. The highest BCUT2D eigenvalue weighted by Gasteiger charge is 2.34. The lowest BCUT2D eigenvalue weighted by molar-refractivity contribution is -0.145. The quantitative estimate of drug-likeness (QED) is 0.320. The highest BCUT2D eigenvalue weighted by Crippen LogP contribution is 2.28. The second-order valence-electron chi connectivity index (χ2n) is 8.25. The van der Waals surface area contributed by atoms with Crippen LogP contribution >= 0.6 is 0 Å². The Bertz CT molecular complexity index is 906. The van der Waals surface area contributed by atoms with Gasteiger partial charge >= 0.3 is 12.1 Å². The van der Waals surface area contributed by atoms with Crippen LogP contribution in [-0.4, -0.2) is 33.4 Å². The molecule has 0 radical (unpaired) electrons. The number of nitrogens with zero attached hydrogens (tertiary/aromatic N) is 2. The molecule has 0 saturated heterocycles. The van der Waals surface area contributed by atoms with Gasteiger partial charge in [0.2, 0.25) is 5.82 Å². The van der Waals surface area contributed by atoms with Crippen LogP contribution in [0, 0.1) is 0 Å². The molecule has 9 heteroatoms. The number of nitrogens with one attached hydrogen (secondary N) is 1. The molecule has 1 aromatic rings. The van der Waals surface area contributed by atoms with Crippen molar-refractivity contribution in [1.82, 2.24) is 15.3 Å². The number of unbranched alkanes of at least 4 members (excludes halogenated alkanes) is 1. The van der Waals surface area contributed by atoms with E-state index < -0.39 is 23.9 Å². The topological polar surface area (TPSA) is 92.2 Å². The molecule has 1 aliphatic rings. The molecular weight excluding hydrogens is 435 g/mol. The van der Waals surface area contributed by atoms with E-state index in [0.29, 0.717) is 6.42 Å². The maximum absolute atomic E-state index is 12.6. The number of ketones is 1. The molecule has 0 amide bonds. The van der Waals surface area contributed by atoms with Gasteiger partial charge in [0.05, 0.1) is 6.42 Å². The Morgan fingerprint density at radius 3 is 2.48 bits per heavy atom. The summed E-state index contributed by atoms with van der Waals surface area (Å²) in [6.07, 6.45) is 5.38. The minimum absolute atomic E-state index is 0.0810. The standard InChI is InChI=1S/C24H30F3N3O3/c1-16(9-10-18-7-5-11-28-17(18)2)6-3-4-8-21(31)12-19(13-22(32)33)20-14-29-23(30-15-20)24(25,26)27/h9-10,14-15,19,28H,1,3-8,11-13H2,2H3,(H,32,33)/b10-9-/t19-/m0/s1. The summed E-state index contributed by atoms with van der Waals surface area (Å²) < 4.78 is 37.9. The molecule has 2 N–H and O–H groups in total. The van der Waals surface area contributed by atoms with Gasteiger partial charge in [-0.1, -0.05) is 24.3 Å². The summed E-state index contributed by atoms with van der Waals surface area (Å²) >= 11 is 0. The van der Waals surface area contributed by atoms with Crippen LogP contribution in [0.5, 0.6) is 0 Å². The molecule has 0 aliphatic carbocycles. The van der Waals surface area contributed by atoms with E-state index in [1.54, 1.807) is 0 Å². The first kappa shape index (κ1) is 26.3. The van der Waals surface area contributed by atoms with Gasteiger partial charge in [-0.05, 0) is 50.2 Å². The first-order valence-electron chi connectivity index (χ1n) is 11.0. The zero-order valence-corrected chi connectivity index (χ0v) is 18.7. The molecule has 1 aliphatic heterocycles. The van der Waals surface area contributed by atoms with Crippen LogP contribution in [0.4, 0.5) is 13.2 Å². The summed E-state index contributed by atoms with van der Waals surface area (Å²) in [5, 5.41) is 12.5. The number of allylic oxidation sites excluding steroid dienone is 5. The first-order chi connectivity index (χ1) is 15.6. The number of hydrogen-bond donors (Lipinski definition) is 2. The van der Waals surface area contributed by atoms with Crippen LogP contribution in [0.15, 0.2) is 48.0 Å². The number of carbonyl (C=O) groups is 2. The monoisotopic (exact) mass is 465 g/mol. The SMILES string of the molecule is C=C(/C=C\C1=C(C)NCCC1)CCCCC(=O)C[C@@H](CC(=O)O)c1cnc(C(F)(F)F)nc1. The second kappa shape index (κ2) is 12.3. The number of rotatable bonds is 12.